The van der Waals surface area contributed by atoms with Gasteiger partial charge in [0.25, 0.3) is 0 Å². The smallest absolute Gasteiger partial charge is 0.237 e. The molecule has 1 aromatic rings. The third-order valence-corrected chi connectivity index (χ3v) is 3.82. The quantitative estimate of drug-likeness (QED) is 0.774. The number of nitrogens with one attached hydrogen (secondary N) is 1. The first kappa shape index (κ1) is 14.1. The molecule has 1 fully saturated rings. The molecule has 1 atom stereocenters. The van der Waals surface area contributed by atoms with Crippen molar-refractivity contribution in [2.45, 2.75) is 44.8 Å². The zero-order valence-corrected chi connectivity index (χ0v) is 11.5. The maximum atomic E-state index is 12.2. The largest absolute Gasteiger partial charge is 0.467 e. The molecule has 1 unspecified atom stereocenters. The molecule has 0 aliphatic heterocycles. The molecular formula is C14H23N3O2. The van der Waals surface area contributed by atoms with Crippen molar-refractivity contribution in [3.05, 3.63) is 24.2 Å². The summed E-state index contributed by atoms with van der Waals surface area (Å²) in [6.07, 6.45) is 5.22. The zero-order valence-electron chi connectivity index (χ0n) is 11.5. The number of nitrogens with two attached hydrogens (primary N) is 1. The number of rotatable bonds is 7. The van der Waals surface area contributed by atoms with Gasteiger partial charge < -0.3 is 15.5 Å². The van der Waals surface area contributed by atoms with Crippen LogP contribution in [0, 0.1) is 0 Å². The Balaban J connectivity index is 1.84. The fourth-order valence-corrected chi connectivity index (χ4v) is 2.45. The number of hydrogen-bond donors (Lipinski definition) is 2. The van der Waals surface area contributed by atoms with E-state index >= 15 is 0 Å². The van der Waals surface area contributed by atoms with Gasteiger partial charge in [-0.25, -0.2) is 0 Å². The lowest BCUT2D eigenvalue weighted by Crippen LogP contribution is -2.53. The summed E-state index contributed by atoms with van der Waals surface area (Å²) in [5, 5.41) is 2.91. The zero-order chi connectivity index (χ0) is 13.7. The highest BCUT2D eigenvalue weighted by Crippen LogP contribution is 2.26. The third-order valence-electron chi connectivity index (χ3n) is 3.82. The second-order valence-corrected chi connectivity index (χ2v) is 5.08. The minimum Gasteiger partial charge on any atom is -0.467 e. The molecule has 1 aromatic heterocycles. The van der Waals surface area contributed by atoms with E-state index in [1.54, 1.807) is 6.26 Å². The van der Waals surface area contributed by atoms with Crippen LogP contribution < -0.4 is 11.1 Å². The van der Waals surface area contributed by atoms with Crippen LogP contribution in [-0.2, 0) is 11.3 Å². The number of amides is 1. The summed E-state index contributed by atoms with van der Waals surface area (Å²) in [6, 6.07) is 4.06. The predicted octanol–water partition coefficient (Wildman–Crippen LogP) is 1.10. The van der Waals surface area contributed by atoms with Crippen molar-refractivity contribution < 1.29 is 9.21 Å². The van der Waals surface area contributed by atoms with Gasteiger partial charge in [0.05, 0.1) is 18.8 Å². The van der Waals surface area contributed by atoms with E-state index in [9.17, 15) is 4.79 Å². The number of carbonyl (C=O) groups excluding carboxylic acids is 1. The van der Waals surface area contributed by atoms with Crippen molar-refractivity contribution in [3.63, 3.8) is 0 Å². The van der Waals surface area contributed by atoms with Crippen LogP contribution in [-0.4, -0.2) is 36.0 Å². The molecule has 1 aliphatic rings. The standard InChI is InChI=1S/C14H23N3O2/c1-11(17(8-7-15)12-4-2-5-12)14(18)16-10-13-6-3-9-19-13/h3,6,9,11-12H,2,4-5,7-8,10,15H2,1H3,(H,16,18). The lowest BCUT2D eigenvalue weighted by atomic mass is 9.90. The van der Waals surface area contributed by atoms with Crippen molar-refractivity contribution >= 4 is 5.91 Å². The van der Waals surface area contributed by atoms with Gasteiger partial charge in [0.1, 0.15) is 5.76 Å². The molecule has 0 aromatic carbocycles. The lowest BCUT2D eigenvalue weighted by molar-refractivity contribution is -0.127. The van der Waals surface area contributed by atoms with Gasteiger partial charge in [-0.3, -0.25) is 9.69 Å². The van der Waals surface area contributed by atoms with Crippen LogP contribution >= 0.6 is 0 Å². The Kier molecular flexibility index (Phi) is 4.99. The summed E-state index contributed by atoms with van der Waals surface area (Å²) in [5.74, 6) is 0.811. The molecule has 3 N–H and O–H groups in total. The van der Waals surface area contributed by atoms with E-state index in [0.29, 0.717) is 19.1 Å². The molecule has 1 aliphatic carbocycles. The summed E-state index contributed by atoms with van der Waals surface area (Å²) in [7, 11) is 0. The fourth-order valence-electron chi connectivity index (χ4n) is 2.45. The molecule has 19 heavy (non-hydrogen) atoms. The Hall–Kier alpha value is -1.33. The van der Waals surface area contributed by atoms with Gasteiger partial charge >= 0.3 is 0 Å². The molecule has 0 saturated heterocycles. The fraction of sp³-hybridized carbons (Fsp3) is 0.643. The number of furan rings is 1. The molecule has 1 heterocycles. The number of carbonyl (C=O) groups is 1. The van der Waals surface area contributed by atoms with Gasteiger partial charge in [-0.15, -0.1) is 0 Å². The van der Waals surface area contributed by atoms with Crippen molar-refractivity contribution in [1.82, 2.24) is 10.2 Å². The normalized spacial score (nSPS) is 17.2. The highest BCUT2D eigenvalue weighted by atomic mass is 16.3. The van der Waals surface area contributed by atoms with Gasteiger partial charge in [0.15, 0.2) is 0 Å². The first-order chi connectivity index (χ1) is 9.22. The van der Waals surface area contributed by atoms with E-state index in [1.165, 1.54) is 19.3 Å². The molecule has 5 heteroatoms. The highest BCUT2D eigenvalue weighted by Gasteiger charge is 2.31. The van der Waals surface area contributed by atoms with E-state index in [1.807, 2.05) is 19.1 Å². The van der Waals surface area contributed by atoms with Crippen molar-refractivity contribution in [3.8, 4) is 0 Å². The Morgan fingerprint density at radius 3 is 2.95 bits per heavy atom. The second-order valence-electron chi connectivity index (χ2n) is 5.08. The molecule has 106 valence electrons. The topological polar surface area (TPSA) is 71.5 Å². The van der Waals surface area contributed by atoms with Crippen LogP contribution in [0.3, 0.4) is 0 Å². The van der Waals surface area contributed by atoms with Crippen molar-refractivity contribution in [2.75, 3.05) is 13.1 Å². The number of hydrogen-bond acceptors (Lipinski definition) is 4. The van der Waals surface area contributed by atoms with E-state index in [0.717, 1.165) is 12.3 Å². The number of nitrogens with zero attached hydrogens (tertiary/aromatic N) is 1. The Morgan fingerprint density at radius 2 is 2.42 bits per heavy atom. The Bertz CT molecular complexity index is 387. The maximum Gasteiger partial charge on any atom is 0.237 e. The van der Waals surface area contributed by atoms with Crippen LogP contribution in [0.25, 0.3) is 0 Å². The Labute approximate surface area is 114 Å². The maximum absolute atomic E-state index is 12.2. The van der Waals surface area contributed by atoms with E-state index in [-0.39, 0.29) is 11.9 Å². The first-order valence-corrected chi connectivity index (χ1v) is 6.98. The lowest BCUT2D eigenvalue weighted by Gasteiger charge is -2.40. The summed E-state index contributed by atoms with van der Waals surface area (Å²) < 4.78 is 5.20. The van der Waals surface area contributed by atoms with Crippen LogP contribution in [0.4, 0.5) is 0 Å². The van der Waals surface area contributed by atoms with Gasteiger partial charge in [0.2, 0.25) is 5.91 Å². The summed E-state index contributed by atoms with van der Waals surface area (Å²) in [5.41, 5.74) is 5.65. The predicted molar refractivity (Wildman–Crippen MR) is 73.4 cm³/mol. The monoisotopic (exact) mass is 265 g/mol. The molecule has 1 amide bonds. The van der Waals surface area contributed by atoms with Crippen LogP contribution in [0.2, 0.25) is 0 Å². The second kappa shape index (κ2) is 6.73. The van der Waals surface area contributed by atoms with Crippen molar-refractivity contribution in [1.29, 1.82) is 0 Å². The minimum absolute atomic E-state index is 0.0387. The van der Waals surface area contributed by atoms with E-state index < -0.39 is 0 Å². The van der Waals surface area contributed by atoms with E-state index in [4.69, 9.17) is 10.2 Å². The van der Waals surface area contributed by atoms with E-state index in [2.05, 4.69) is 10.2 Å². The van der Waals surface area contributed by atoms with Crippen LogP contribution in [0.5, 0.6) is 0 Å². The minimum atomic E-state index is -0.135. The average Bonchev–Trinajstić information content (AvgIpc) is 2.85. The summed E-state index contributed by atoms with van der Waals surface area (Å²) >= 11 is 0. The van der Waals surface area contributed by atoms with Crippen LogP contribution in [0.1, 0.15) is 31.9 Å². The molecular weight excluding hydrogens is 242 g/mol. The summed E-state index contributed by atoms with van der Waals surface area (Å²) in [4.78, 5) is 14.4. The van der Waals surface area contributed by atoms with Crippen molar-refractivity contribution in [2.24, 2.45) is 5.73 Å². The summed E-state index contributed by atoms with van der Waals surface area (Å²) in [6.45, 7) is 3.76. The first-order valence-electron chi connectivity index (χ1n) is 6.98. The van der Waals surface area contributed by atoms with Gasteiger partial charge in [-0.05, 0) is 31.9 Å². The van der Waals surface area contributed by atoms with Gasteiger partial charge in [0, 0.05) is 19.1 Å². The van der Waals surface area contributed by atoms with Gasteiger partial charge in [-0.1, -0.05) is 6.42 Å². The molecule has 0 bridgehead atoms. The van der Waals surface area contributed by atoms with Crippen LogP contribution in [0.15, 0.2) is 22.8 Å². The molecule has 0 radical (unpaired) electrons. The molecule has 5 nitrogen and oxygen atoms in total. The molecule has 1 saturated carbocycles. The third kappa shape index (κ3) is 3.58. The highest BCUT2D eigenvalue weighted by molar-refractivity contribution is 5.81. The molecule has 0 spiro atoms. The molecule has 2 rings (SSSR count). The average molecular weight is 265 g/mol. The Morgan fingerprint density at radius 1 is 1.63 bits per heavy atom. The SMILES string of the molecule is CC(C(=O)NCc1ccco1)N(CCN)C1CCC1. The van der Waals surface area contributed by atoms with Gasteiger partial charge in [-0.2, -0.15) is 0 Å².